The number of nitrogens with zero attached hydrogens (tertiary/aromatic N) is 4. The van der Waals surface area contributed by atoms with E-state index in [9.17, 15) is 21.2 Å². The molecule has 1 aliphatic rings. The number of benzene rings is 1. The molecule has 1 saturated heterocycles. The Hall–Kier alpha value is -2.81. The van der Waals surface area contributed by atoms with Gasteiger partial charge in [-0.1, -0.05) is 0 Å². The quantitative estimate of drug-likeness (QED) is 0.437. The van der Waals surface area contributed by atoms with Crippen LogP contribution in [0.3, 0.4) is 0 Å². The average Bonchev–Trinajstić information content (AvgIpc) is 2.79. The van der Waals surface area contributed by atoms with E-state index in [1.54, 1.807) is 13.0 Å². The first-order chi connectivity index (χ1) is 17.2. The number of nitrogens with one attached hydrogen (secondary N) is 1. The monoisotopic (exact) mass is 555 g/mol. The van der Waals surface area contributed by atoms with Crippen molar-refractivity contribution in [2.24, 2.45) is 0 Å². The van der Waals surface area contributed by atoms with E-state index in [2.05, 4.69) is 20.3 Å². The molecular weight excluding hydrogens is 528 g/mol. The number of aromatic nitrogens is 3. The molecule has 1 aromatic carbocycles. The van der Waals surface area contributed by atoms with Gasteiger partial charge in [-0.2, -0.15) is 8.42 Å². The molecule has 0 spiro atoms. The highest BCUT2D eigenvalue weighted by Gasteiger charge is 2.26. The van der Waals surface area contributed by atoms with Crippen molar-refractivity contribution in [1.29, 1.82) is 0 Å². The summed E-state index contributed by atoms with van der Waals surface area (Å²) >= 11 is 0. The van der Waals surface area contributed by atoms with Gasteiger partial charge in [-0.25, -0.2) is 31.5 Å². The Bertz CT molecular complexity index is 1560. The zero-order chi connectivity index (χ0) is 27.1. The van der Waals surface area contributed by atoms with Crippen molar-refractivity contribution in [3.8, 4) is 11.3 Å². The molecule has 1 aliphatic heterocycles. The third-order valence-electron chi connectivity index (χ3n) is 6.06. The predicted molar refractivity (Wildman–Crippen MR) is 135 cm³/mol. The minimum Gasteiger partial charge on any atom is -0.351 e. The first-order valence-corrected chi connectivity index (χ1v) is 15.1. The Kier molecular flexibility index (Phi) is 7.48. The van der Waals surface area contributed by atoms with Crippen LogP contribution in [0, 0.1) is 18.6 Å². The molecule has 1 N–H and O–H groups in total. The molecule has 10 nitrogen and oxygen atoms in total. The van der Waals surface area contributed by atoms with Crippen LogP contribution in [-0.4, -0.2) is 67.7 Å². The zero-order valence-electron chi connectivity index (χ0n) is 20.7. The third kappa shape index (κ3) is 6.37. The SMILES string of the molecule is Cc1cc(C(C)OS(C)(=O)=O)c2cc(-c3nc(NC4CCN(S(C)(=O)=O)CC4)ncc3F)cc(F)c2n1. The molecule has 4 rings (SSSR count). The van der Waals surface area contributed by atoms with Crippen LogP contribution in [0.1, 0.15) is 37.1 Å². The van der Waals surface area contributed by atoms with E-state index >= 15 is 4.39 Å². The fraction of sp³-hybridized carbons (Fsp3) is 0.435. The molecule has 0 bridgehead atoms. The van der Waals surface area contributed by atoms with Crippen LogP contribution in [0.25, 0.3) is 22.2 Å². The maximum Gasteiger partial charge on any atom is 0.264 e. The smallest absolute Gasteiger partial charge is 0.264 e. The van der Waals surface area contributed by atoms with Gasteiger partial charge in [0.15, 0.2) is 5.82 Å². The largest absolute Gasteiger partial charge is 0.351 e. The van der Waals surface area contributed by atoms with E-state index in [1.165, 1.54) is 17.3 Å². The number of pyridine rings is 1. The number of piperidine rings is 1. The molecule has 0 saturated carbocycles. The summed E-state index contributed by atoms with van der Waals surface area (Å²) in [7, 11) is -7.08. The van der Waals surface area contributed by atoms with Crippen LogP contribution < -0.4 is 5.32 Å². The second-order valence-electron chi connectivity index (χ2n) is 9.12. The van der Waals surface area contributed by atoms with Crippen molar-refractivity contribution >= 4 is 37.0 Å². The Balaban J connectivity index is 1.69. The van der Waals surface area contributed by atoms with Gasteiger partial charge in [0.05, 0.1) is 24.8 Å². The second-order valence-corrected chi connectivity index (χ2v) is 12.7. The van der Waals surface area contributed by atoms with Crippen LogP contribution in [-0.2, 0) is 24.3 Å². The van der Waals surface area contributed by atoms with E-state index in [-0.39, 0.29) is 34.2 Å². The molecule has 2 aromatic heterocycles. The van der Waals surface area contributed by atoms with Crippen LogP contribution in [0.4, 0.5) is 14.7 Å². The molecule has 200 valence electrons. The van der Waals surface area contributed by atoms with Gasteiger partial charge in [0.2, 0.25) is 16.0 Å². The van der Waals surface area contributed by atoms with E-state index in [0.717, 1.165) is 24.8 Å². The lowest BCUT2D eigenvalue weighted by molar-refractivity contribution is 0.238. The van der Waals surface area contributed by atoms with E-state index in [0.29, 0.717) is 37.2 Å². The highest BCUT2D eigenvalue weighted by molar-refractivity contribution is 7.88. The minimum absolute atomic E-state index is 0.00634. The second kappa shape index (κ2) is 10.2. The van der Waals surface area contributed by atoms with Crippen LogP contribution in [0.2, 0.25) is 0 Å². The molecule has 3 heterocycles. The summed E-state index contributed by atoms with van der Waals surface area (Å²) in [5.74, 6) is -1.39. The minimum atomic E-state index is -3.80. The molecule has 1 fully saturated rings. The Morgan fingerprint density at radius 1 is 1.05 bits per heavy atom. The van der Waals surface area contributed by atoms with Gasteiger partial charge < -0.3 is 5.32 Å². The van der Waals surface area contributed by atoms with Crippen LogP contribution >= 0.6 is 0 Å². The fourth-order valence-electron chi connectivity index (χ4n) is 4.38. The molecule has 14 heteroatoms. The maximum atomic E-state index is 15.2. The van der Waals surface area contributed by atoms with Gasteiger partial charge >= 0.3 is 0 Å². The standard InChI is InChI=1S/C23H27F2N5O5S2/c1-13-9-17(14(2)35-37(4,33)34)18-10-15(11-19(24)22(18)27-13)21-20(25)12-26-23(29-21)28-16-5-7-30(8-6-16)36(3,31)32/h9-12,14,16H,5-8H2,1-4H3,(H,26,28,29). The van der Waals surface area contributed by atoms with Crippen molar-refractivity contribution in [2.75, 3.05) is 30.9 Å². The van der Waals surface area contributed by atoms with Gasteiger partial charge in [-0.05, 0) is 50.5 Å². The summed E-state index contributed by atoms with van der Waals surface area (Å²) in [4.78, 5) is 12.5. The van der Waals surface area contributed by atoms with Gasteiger partial charge in [-0.3, -0.25) is 9.17 Å². The van der Waals surface area contributed by atoms with Gasteiger partial charge in [0.25, 0.3) is 10.1 Å². The zero-order valence-corrected chi connectivity index (χ0v) is 22.3. The van der Waals surface area contributed by atoms with Crippen molar-refractivity contribution in [3.63, 3.8) is 0 Å². The topological polar surface area (TPSA) is 131 Å². The summed E-state index contributed by atoms with van der Waals surface area (Å²) in [6, 6.07) is 4.06. The summed E-state index contributed by atoms with van der Waals surface area (Å²) in [5.41, 5.74) is 0.778. The average molecular weight is 556 g/mol. The molecule has 0 aliphatic carbocycles. The number of hydrogen-bond donors (Lipinski definition) is 1. The number of fused-ring (bicyclic) bond motifs is 1. The number of anilines is 1. The molecular formula is C23H27F2N5O5S2. The number of sulfonamides is 1. The highest BCUT2D eigenvalue weighted by atomic mass is 32.2. The lowest BCUT2D eigenvalue weighted by atomic mass is 10.00. The summed E-state index contributed by atoms with van der Waals surface area (Å²) in [5, 5.41) is 3.36. The molecule has 37 heavy (non-hydrogen) atoms. The van der Waals surface area contributed by atoms with Crippen molar-refractivity contribution < 1.29 is 29.8 Å². The Labute approximate surface area is 214 Å². The summed E-state index contributed by atoms with van der Waals surface area (Å²) < 4.78 is 83.3. The lowest BCUT2D eigenvalue weighted by Crippen LogP contribution is -2.42. The molecule has 1 unspecified atom stereocenters. The summed E-state index contributed by atoms with van der Waals surface area (Å²) in [6.07, 6.45) is 3.14. The Morgan fingerprint density at radius 2 is 1.73 bits per heavy atom. The third-order valence-corrected chi connectivity index (χ3v) is 8.00. The van der Waals surface area contributed by atoms with Crippen LogP contribution in [0.5, 0.6) is 0 Å². The molecule has 0 amide bonds. The van der Waals surface area contributed by atoms with Crippen LogP contribution in [0.15, 0.2) is 24.4 Å². The van der Waals surface area contributed by atoms with Gasteiger partial charge in [0.1, 0.15) is 17.0 Å². The molecule has 1 atom stereocenters. The first kappa shape index (κ1) is 27.2. The summed E-state index contributed by atoms with van der Waals surface area (Å²) in [6.45, 7) is 3.83. The maximum absolute atomic E-state index is 15.2. The number of rotatable bonds is 7. The van der Waals surface area contributed by atoms with Crippen molar-refractivity contribution in [1.82, 2.24) is 19.3 Å². The van der Waals surface area contributed by atoms with Gasteiger partial charge in [0, 0.05) is 35.8 Å². The number of hydrogen-bond acceptors (Lipinski definition) is 9. The lowest BCUT2D eigenvalue weighted by Gasteiger charge is -2.30. The number of halogens is 2. The predicted octanol–water partition coefficient (Wildman–Crippen LogP) is 3.15. The van der Waals surface area contributed by atoms with E-state index in [1.807, 2.05) is 0 Å². The fourth-order valence-corrected chi connectivity index (χ4v) is 5.89. The number of aryl methyl sites for hydroxylation is 1. The van der Waals surface area contributed by atoms with Crippen molar-refractivity contribution in [2.45, 2.75) is 38.8 Å². The Morgan fingerprint density at radius 3 is 2.35 bits per heavy atom. The van der Waals surface area contributed by atoms with Gasteiger partial charge in [-0.15, -0.1) is 0 Å². The highest BCUT2D eigenvalue weighted by Crippen LogP contribution is 2.33. The van der Waals surface area contributed by atoms with E-state index < -0.39 is 37.9 Å². The van der Waals surface area contributed by atoms with E-state index in [4.69, 9.17) is 4.18 Å². The molecule has 0 radical (unpaired) electrons. The van der Waals surface area contributed by atoms with Crippen molar-refractivity contribution in [3.05, 3.63) is 47.3 Å². The molecule has 3 aromatic rings. The first-order valence-electron chi connectivity index (χ1n) is 11.4. The normalized spacial score (nSPS) is 16.7.